The number of fused-ring (bicyclic) bond motifs is 4. The lowest BCUT2D eigenvalue weighted by Crippen LogP contribution is -2.48. The lowest BCUT2D eigenvalue weighted by atomic mass is 10.1. The minimum absolute atomic E-state index is 0.0216. The molecule has 162 valence electrons. The molecule has 31 heavy (non-hydrogen) atoms. The molecule has 2 bridgehead atoms. The maximum Gasteiger partial charge on any atom is 0.329 e. The normalized spacial score (nSPS) is 16.7. The van der Waals surface area contributed by atoms with E-state index in [4.69, 9.17) is 0 Å². The average molecular weight is 423 g/mol. The fourth-order valence-corrected chi connectivity index (χ4v) is 3.88. The summed E-state index contributed by atoms with van der Waals surface area (Å²) < 4.78 is 0. The number of anilines is 4. The highest BCUT2D eigenvalue weighted by molar-refractivity contribution is 6.05. The molecule has 1 atom stereocenters. The summed E-state index contributed by atoms with van der Waals surface area (Å²) in [4.78, 5) is 49.5. The van der Waals surface area contributed by atoms with Gasteiger partial charge in [-0.2, -0.15) is 0 Å². The van der Waals surface area contributed by atoms with Crippen LogP contribution in [0.1, 0.15) is 37.7 Å². The van der Waals surface area contributed by atoms with E-state index < -0.39 is 0 Å². The van der Waals surface area contributed by atoms with Crippen molar-refractivity contribution in [1.82, 2.24) is 15.3 Å². The molecule has 0 saturated carbocycles. The zero-order valence-electron chi connectivity index (χ0n) is 17.7. The molecule has 1 saturated heterocycles. The van der Waals surface area contributed by atoms with E-state index in [2.05, 4.69) is 30.8 Å². The third-order valence-electron chi connectivity index (χ3n) is 5.14. The van der Waals surface area contributed by atoms with Crippen LogP contribution < -0.4 is 25.8 Å². The smallest absolute Gasteiger partial charge is 0.329 e. The van der Waals surface area contributed by atoms with Crippen LogP contribution in [-0.2, 0) is 4.79 Å². The predicted octanol–water partition coefficient (Wildman–Crippen LogP) is 2.20. The summed E-state index contributed by atoms with van der Waals surface area (Å²) in [5.74, 6) is 0.277. The maximum atomic E-state index is 13.2. The van der Waals surface area contributed by atoms with E-state index >= 15 is 0 Å². The SMILES string of the molecule is CC(=O)Nc1ccnc(NC(=O)N2c3nc(C(=O)NC(C)C)ccc3N3CC[C@H]2C3)c1. The van der Waals surface area contributed by atoms with Gasteiger partial charge in [-0.3, -0.25) is 19.8 Å². The van der Waals surface area contributed by atoms with E-state index in [9.17, 15) is 14.4 Å². The lowest BCUT2D eigenvalue weighted by molar-refractivity contribution is -0.114. The summed E-state index contributed by atoms with van der Waals surface area (Å²) in [6.45, 7) is 6.69. The van der Waals surface area contributed by atoms with Crippen molar-refractivity contribution in [3.8, 4) is 0 Å². The van der Waals surface area contributed by atoms with E-state index in [0.717, 1.165) is 18.7 Å². The van der Waals surface area contributed by atoms with Crippen molar-refractivity contribution in [3.63, 3.8) is 0 Å². The quantitative estimate of drug-likeness (QED) is 0.694. The van der Waals surface area contributed by atoms with Gasteiger partial charge in [0, 0.05) is 44.0 Å². The second-order valence-corrected chi connectivity index (χ2v) is 7.97. The molecule has 0 aliphatic carbocycles. The number of carbonyl (C=O) groups excluding carboxylic acids is 3. The zero-order chi connectivity index (χ0) is 22.1. The van der Waals surface area contributed by atoms with Gasteiger partial charge >= 0.3 is 6.03 Å². The summed E-state index contributed by atoms with van der Waals surface area (Å²) in [6, 6.07) is 6.30. The lowest BCUT2D eigenvalue weighted by Gasteiger charge is -2.35. The van der Waals surface area contributed by atoms with Crippen LogP contribution in [0.2, 0.25) is 0 Å². The Balaban J connectivity index is 1.62. The molecule has 3 N–H and O–H groups in total. The molecule has 0 aromatic carbocycles. The van der Waals surface area contributed by atoms with Gasteiger partial charge in [0.25, 0.3) is 5.91 Å². The molecule has 2 aromatic heterocycles. The summed E-state index contributed by atoms with van der Waals surface area (Å²) >= 11 is 0. The zero-order valence-corrected chi connectivity index (χ0v) is 17.7. The molecule has 4 rings (SSSR count). The number of pyridine rings is 2. The minimum atomic E-state index is -0.380. The molecule has 4 amide bonds. The molecule has 10 nitrogen and oxygen atoms in total. The Bertz CT molecular complexity index is 1040. The van der Waals surface area contributed by atoms with Gasteiger partial charge in [0.05, 0.1) is 11.7 Å². The minimum Gasteiger partial charge on any atom is -0.366 e. The first-order chi connectivity index (χ1) is 14.8. The number of nitrogens with one attached hydrogen (secondary N) is 3. The number of carbonyl (C=O) groups is 3. The second-order valence-electron chi connectivity index (χ2n) is 7.97. The first-order valence-electron chi connectivity index (χ1n) is 10.2. The monoisotopic (exact) mass is 423 g/mol. The Kier molecular flexibility index (Phi) is 5.45. The van der Waals surface area contributed by atoms with Crippen molar-refractivity contribution >= 4 is 40.9 Å². The Morgan fingerprint density at radius 2 is 1.97 bits per heavy atom. The number of hydrogen-bond donors (Lipinski definition) is 3. The van der Waals surface area contributed by atoms with Crippen LogP contribution >= 0.6 is 0 Å². The summed E-state index contributed by atoms with van der Waals surface area (Å²) in [5.41, 5.74) is 1.62. The van der Waals surface area contributed by atoms with E-state index in [0.29, 0.717) is 23.9 Å². The van der Waals surface area contributed by atoms with Crippen molar-refractivity contribution in [2.75, 3.05) is 33.5 Å². The number of hydrogen-bond acceptors (Lipinski definition) is 6. The highest BCUT2D eigenvalue weighted by Crippen LogP contribution is 2.39. The van der Waals surface area contributed by atoms with E-state index in [-0.39, 0.29) is 35.6 Å². The van der Waals surface area contributed by atoms with Crippen LogP contribution in [0.3, 0.4) is 0 Å². The molecular weight excluding hydrogens is 398 g/mol. The van der Waals surface area contributed by atoms with Gasteiger partial charge < -0.3 is 15.5 Å². The summed E-state index contributed by atoms with van der Waals surface area (Å²) in [6.07, 6.45) is 2.31. The summed E-state index contributed by atoms with van der Waals surface area (Å²) in [5, 5.41) is 8.29. The number of urea groups is 1. The Morgan fingerprint density at radius 3 is 2.71 bits per heavy atom. The van der Waals surface area contributed by atoms with Crippen molar-refractivity contribution in [1.29, 1.82) is 0 Å². The Morgan fingerprint density at radius 1 is 1.16 bits per heavy atom. The molecule has 0 unspecified atom stereocenters. The number of amides is 4. The van der Waals surface area contributed by atoms with Crippen molar-refractivity contribution in [2.24, 2.45) is 0 Å². The van der Waals surface area contributed by atoms with E-state index in [1.165, 1.54) is 13.1 Å². The average Bonchev–Trinajstić information content (AvgIpc) is 3.11. The molecule has 2 aromatic rings. The largest absolute Gasteiger partial charge is 0.366 e. The van der Waals surface area contributed by atoms with Gasteiger partial charge in [-0.15, -0.1) is 0 Å². The summed E-state index contributed by atoms with van der Waals surface area (Å²) in [7, 11) is 0. The van der Waals surface area contributed by atoms with Crippen LogP contribution in [0.15, 0.2) is 30.5 Å². The van der Waals surface area contributed by atoms with Crippen molar-refractivity contribution < 1.29 is 14.4 Å². The van der Waals surface area contributed by atoms with Crippen molar-refractivity contribution in [3.05, 3.63) is 36.2 Å². The highest BCUT2D eigenvalue weighted by Gasteiger charge is 2.40. The molecule has 0 spiro atoms. The highest BCUT2D eigenvalue weighted by atomic mass is 16.2. The molecule has 10 heteroatoms. The van der Waals surface area contributed by atoms with Crippen molar-refractivity contribution in [2.45, 2.75) is 39.3 Å². The van der Waals surface area contributed by atoms with Gasteiger partial charge in [-0.05, 0) is 38.5 Å². The van der Waals surface area contributed by atoms with Gasteiger partial charge in [0.2, 0.25) is 5.91 Å². The second kappa shape index (κ2) is 8.21. The first-order valence-corrected chi connectivity index (χ1v) is 10.2. The number of rotatable bonds is 4. The molecule has 4 heterocycles. The predicted molar refractivity (Wildman–Crippen MR) is 117 cm³/mol. The Hall–Kier alpha value is -3.69. The molecular formula is C21H25N7O3. The molecule has 0 radical (unpaired) electrons. The first kappa shape index (κ1) is 20.6. The fraction of sp³-hybridized carbons (Fsp3) is 0.381. The molecule has 2 aliphatic heterocycles. The van der Waals surface area contributed by atoms with Crippen LogP contribution in [0, 0.1) is 0 Å². The molecule has 1 fully saturated rings. The van der Waals surface area contributed by atoms with Crippen LogP contribution in [0.4, 0.5) is 27.8 Å². The van der Waals surface area contributed by atoms with Crippen LogP contribution in [-0.4, -0.2) is 53.0 Å². The fourth-order valence-electron chi connectivity index (χ4n) is 3.88. The third kappa shape index (κ3) is 4.27. The number of aromatic nitrogens is 2. The van der Waals surface area contributed by atoms with Gasteiger partial charge in [0.1, 0.15) is 11.5 Å². The van der Waals surface area contributed by atoms with Gasteiger partial charge in [-0.25, -0.2) is 14.8 Å². The van der Waals surface area contributed by atoms with E-state index in [1.54, 1.807) is 23.1 Å². The van der Waals surface area contributed by atoms with Crippen LogP contribution in [0.5, 0.6) is 0 Å². The Labute approximate surface area is 180 Å². The third-order valence-corrected chi connectivity index (χ3v) is 5.14. The van der Waals surface area contributed by atoms with Gasteiger partial charge in [-0.1, -0.05) is 0 Å². The number of nitrogens with zero attached hydrogens (tertiary/aromatic N) is 4. The van der Waals surface area contributed by atoms with E-state index in [1.807, 2.05) is 19.9 Å². The van der Waals surface area contributed by atoms with Gasteiger partial charge in [0.15, 0.2) is 5.82 Å². The maximum absolute atomic E-state index is 13.2. The molecule has 2 aliphatic rings. The standard InChI is InChI=1S/C21H25N7O3/c1-12(2)23-20(30)16-4-5-17-19(25-16)28(15-7-9-27(17)11-15)21(31)26-18-10-14(6-8-22-18)24-13(3)29/h4-6,8,10,12,15H,7,9,11H2,1-3H3,(H,23,30)(H2,22,24,26,29,31)/t15-/m0/s1. The topological polar surface area (TPSA) is 120 Å². The van der Waals surface area contributed by atoms with Crippen LogP contribution in [0.25, 0.3) is 0 Å².